The molecule has 0 unspecified atom stereocenters. The normalized spacial score (nSPS) is 16.0. The number of hydrogen-bond acceptors (Lipinski definition) is 6. The van der Waals surface area contributed by atoms with Gasteiger partial charge in [0, 0.05) is 18.5 Å². The van der Waals surface area contributed by atoms with Gasteiger partial charge in [0.2, 0.25) is 11.8 Å². The fourth-order valence-corrected chi connectivity index (χ4v) is 3.03. The maximum atomic E-state index is 12.0. The predicted octanol–water partition coefficient (Wildman–Crippen LogP) is 0.656. The van der Waals surface area contributed by atoms with Gasteiger partial charge in [-0.25, -0.2) is 4.98 Å². The van der Waals surface area contributed by atoms with E-state index in [4.69, 9.17) is 10.5 Å². The lowest BCUT2D eigenvalue weighted by molar-refractivity contribution is -0.116. The summed E-state index contributed by atoms with van der Waals surface area (Å²) >= 11 is 0. The molecular formula is C17H17N5O3. The van der Waals surface area contributed by atoms with Crippen molar-refractivity contribution in [1.82, 2.24) is 15.3 Å². The van der Waals surface area contributed by atoms with Crippen LogP contribution in [0.4, 0.5) is 11.5 Å². The Balaban J connectivity index is 1.63. The van der Waals surface area contributed by atoms with Crippen LogP contribution in [0.2, 0.25) is 0 Å². The molecule has 0 radical (unpaired) electrons. The highest BCUT2D eigenvalue weighted by Crippen LogP contribution is 2.26. The van der Waals surface area contributed by atoms with E-state index in [-0.39, 0.29) is 29.1 Å². The Labute approximate surface area is 143 Å². The van der Waals surface area contributed by atoms with Gasteiger partial charge >= 0.3 is 0 Å². The monoisotopic (exact) mass is 339 g/mol. The van der Waals surface area contributed by atoms with Crippen molar-refractivity contribution < 1.29 is 14.3 Å². The maximum Gasteiger partial charge on any atom is 0.260 e. The molecule has 3 heterocycles. The van der Waals surface area contributed by atoms with Crippen LogP contribution < -0.4 is 21.1 Å². The standard InChI is InChI=1S/C17H17N5O3/c18-15-14-16(24)19-5-6-25-17(14)22-12(21-15)8-9-1-3-11-10(7-9)2-4-13(23)20-11/h1,3,7H,2,4-6,8H2,(H,19,24)(H,20,23)(H2,18,21,22). The second kappa shape index (κ2) is 6.04. The van der Waals surface area contributed by atoms with Crippen LogP contribution in [0, 0.1) is 0 Å². The van der Waals surface area contributed by atoms with Crippen LogP contribution >= 0.6 is 0 Å². The van der Waals surface area contributed by atoms with E-state index in [9.17, 15) is 9.59 Å². The first-order chi connectivity index (χ1) is 12.1. The number of fused-ring (bicyclic) bond motifs is 2. The van der Waals surface area contributed by atoms with Gasteiger partial charge in [0.1, 0.15) is 23.8 Å². The number of ether oxygens (including phenoxy) is 1. The van der Waals surface area contributed by atoms with Crippen molar-refractivity contribution in [2.45, 2.75) is 19.3 Å². The molecule has 2 aromatic rings. The van der Waals surface area contributed by atoms with Gasteiger partial charge in [0.05, 0.1) is 6.54 Å². The molecule has 2 aliphatic heterocycles. The van der Waals surface area contributed by atoms with Crippen molar-refractivity contribution in [1.29, 1.82) is 0 Å². The molecule has 128 valence electrons. The number of aryl methyl sites for hydroxylation is 1. The fourth-order valence-electron chi connectivity index (χ4n) is 3.03. The Hall–Kier alpha value is -3.16. The number of aromatic nitrogens is 2. The van der Waals surface area contributed by atoms with Crippen LogP contribution in [-0.2, 0) is 17.6 Å². The molecule has 0 saturated carbocycles. The third-order valence-electron chi connectivity index (χ3n) is 4.23. The van der Waals surface area contributed by atoms with E-state index in [0.29, 0.717) is 38.2 Å². The van der Waals surface area contributed by atoms with Crippen molar-refractivity contribution in [3.63, 3.8) is 0 Å². The van der Waals surface area contributed by atoms with Gasteiger partial charge in [0.25, 0.3) is 5.91 Å². The number of nitrogen functional groups attached to an aromatic ring is 1. The minimum Gasteiger partial charge on any atom is -0.475 e. The second-order valence-corrected chi connectivity index (χ2v) is 6.03. The van der Waals surface area contributed by atoms with Crippen molar-refractivity contribution in [3.05, 3.63) is 40.7 Å². The summed E-state index contributed by atoms with van der Waals surface area (Å²) in [6.07, 6.45) is 1.66. The summed E-state index contributed by atoms with van der Waals surface area (Å²) in [5.74, 6) is 0.552. The summed E-state index contributed by atoms with van der Waals surface area (Å²) in [6, 6.07) is 5.84. The Kier molecular flexibility index (Phi) is 3.72. The SMILES string of the molecule is Nc1nc(Cc2ccc3c(c2)CCC(=O)N3)nc2c1C(=O)NCCO2. The van der Waals surface area contributed by atoms with Crippen LogP contribution in [-0.4, -0.2) is 34.9 Å². The van der Waals surface area contributed by atoms with Crippen molar-refractivity contribution in [3.8, 4) is 5.88 Å². The number of nitrogens with two attached hydrogens (primary N) is 1. The Bertz CT molecular complexity index is 881. The summed E-state index contributed by atoms with van der Waals surface area (Å²) < 4.78 is 5.52. The Morgan fingerprint density at radius 2 is 2.08 bits per heavy atom. The molecule has 8 nitrogen and oxygen atoms in total. The van der Waals surface area contributed by atoms with Crippen molar-refractivity contribution in [2.75, 3.05) is 24.2 Å². The van der Waals surface area contributed by atoms with Crippen LogP contribution in [0.25, 0.3) is 0 Å². The lowest BCUT2D eigenvalue weighted by Gasteiger charge is -2.17. The average molecular weight is 339 g/mol. The highest BCUT2D eigenvalue weighted by Gasteiger charge is 2.23. The van der Waals surface area contributed by atoms with E-state index >= 15 is 0 Å². The van der Waals surface area contributed by atoms with Gasteiger partial charge < -0.3 is 21.1 Å². The summed E-state index contributed by atoms with van der Waals surface area (Å²) in [5.41, 5.74) is 9.08. The molecule has 0 spiro atoms. The van der Waals surface area contributed by atoms with Crippen LogP contribution in [0.3, 0.4) is 0 Å². The van der Waals surface area contributed by atoms with E-state index in [1.165, 1.54) is 0 Å². The molecule has 4 N–H and O–H groups in total. The number of rotatable bonds is 2. The van der Waals surface area contributed by atoms with Crippen LogP contribution in [0.5, 0.6) is 5.88 Å². The molecule has 1 aromatic carbocycles. The molecule has 0 aliphatic carbocycles. The molecule has 0 bridgehead atoms. The number of benzene rings is 1. The number of carbonyl (C=O) groups is 2. The van der Waals surface area contributed by atoms with Gasteiger partial charge in [-0.1, -0.05) is 12.1 Å². The van der Waals surface area contributed by atoms with Gasteiger partial charge in [-0.3, -0.25) is 9.59 Å². The smallest absolute Gasteiger partial charge is 0.260 e. The lowest BCUT2D eigenvalue weighted by atomic mass is 9.99. The molecule has 8 heteroatoms. The molecular weight excluding hydrogens is 322 g/mol. The van der Waals surface area contributed by atoms with E-state index in [1.54, 1.807) is 0 Å². The number of carbonyl (C=O) groups excluding carboxylic acids is 2. The quantitative estimate of drug-likeness (QED) is 0.739. The minimum absolute atomic E-state index is 0.0394. The molecule has 0 fully saturated rings. The molecule has 2 aliphatic rings. The first-order valence-corrected chi connectivity index (χ1v) is 8.09. The fraction of sp³-hybridized carbons (Fsp3) is 0.294. The van der Waals surface area contributed by atoms with Gasteiger partial charge in [-0.2, -0.15) is 4.98 Å². The zero-order chi connectivity index (χ0) is 17.4. The summed E-state index contributed by atoms with van der Waals surface area (Å²) in [4.78, 5) is 32.1. The summed E-state index contributed by atoms with van der Waals surface area (Å²) in [5, 5.41) is 5.55. The Morgan fingerprint density at radius 3 is 2.96 bits per heavy atom. The summed E-state index contributed by atoms with van der Waals surface area (Å²) in [6.45, 7) is 0.744. The molecule has 1 aromatic heterocycles. The van der Waals surface area contributed by atoms with E-state index in [2.05, 4.69) is 20.6 Å². The van der Waals surface area contributed by atoms with Crippen LogP contribution in [0.1, 0.15) is 33.7 Å². The van der Waals surface area contributed by atoms with Crippen molar-refractivity contribution in [2.24, 2.45) is 0 Å². The highest BCUT2D eigenvalue weighted by atomic mass is 16.5. The number of hydrogen-bond donors (Lipinski definition) is 3. The molecule has 0 atom stereocenters. The van der Waals surface area contributed by atoms with Crippen molar-refractivity contribution >= 4 is 23.3 Å². The van der Waals surface area contributed by atoms with Gasteiger partial charge in [-0.15, -0.1) is 0 Å². The molecule has 4 rings (SSSR count). The zero-order valence-electron chi connectivity index (χ0n) is 13.5. The molecule has 2 amide bonds. The van der Waals surface area contributed by atoms with E-state index in [0.717, 1.165) is 16.8 Å². The molecule has 25 heavy (non-hydrogen) atoms. The van der Waals surface area contributed by atoms with Gasteiger partial charge in [-0.05, 0) is 23.6 Å². The number of anilines is 2. The number of nitrogens with zero attached hydrogens (tertiary/aromatic N) is 2. The van der Waals surface area contributed by atoms with E-state index in [1.807, 2.05) is 18.2 Å². The van der Waals surface area contributed by atoms with Gasteiger partial charge in [0.15, 0.2) is 0 Å². The average Bonchev–Trinajstić information content (AvgIpc) is 2.77. The minimum atomic E-state index is -0.318. The van der Waals surface area contributed by atoms with E-state index < -0.39 is 0 Å². The largest absolute Gasteiger partial charge is 0.475 e. The first kappa shape index (κ1) is 15.4. The highest BCUT2D eigenvalue weighted by molar-refractivity contribution is 6.00. The van der Waals surface area contributed by atoms with Crippen LogP contribution in [0.15, 0.2) is 18.2 Å². The third-order valence-corrected chi connectivity index (χ3v) is 4.23. The number of nitrogens with one attached hydrogen (secondary N) is 2. The Morgan fingerprint density at radius 1 is 1.20 bits per heavy atom. The lowest BCUT2D eigenvalue weighted by Crippen LogP contribution is -2.25. The third kappa shape index (κ3) is 2.98. The zero-order valence-corrected chi connectivity index (χ0v) is 13.5. The maximum absolute atomic E-state index is 12.0. The predicted molar refractivity (Wildman–Crippen MR) is 90.5 cm³/mol. The molecule has 0 saturated heterocycles. The first-order valence-electron chi connectivity index (χ1n) is 8.09. The topological polar surface area (TPSA) is 119 Å². The summed E-state index contributed by atoms with van der Waals surface area (Å²) in [7, 11) is 0. The number of amides is 2. The second-order valence-electron chi connectivity index (χ2n) is 6.03.